The van der Waals surface area contributed by atoms with Crippen LogP contribution in [0.4, 0.5) is 4.39 Å². The molecule has 74 valence electrons. The molecule has 0 amide bonds. The van der Waals surface area contributed by atoms with E-state index in [-0.39, 0.29) is 12.4 Å². The number of hydrogen-bond donors (Lipinski definition) is 0. The molecule has 0 heterocycles. The Bertz CT molecular complexity index is 381. The molecule has 1 rings (SSSR count). The molecule has 0 aliphatic carbocycles. The summed E-state index contributed by atoms with van der Waals surface area (Å²) in [5.41, 5.74) is 2.36. The van der Waals surface area contributed by atoms with E-state index in [9.17, 15) is 9.18 Å². The summed E-state index contributed by atoms with van der Waals surface area (Å²) < 4.78 is 13.2. The van der Waals surface area contributed by atoms with Crippen molar-refractivity contribution in [3.63, 3.8) is 0 Å². The van der Waals surface area contributed by atoms with Crippen LogP contribution in [0.1, 0.15) is 23.6 Å². The zero-order chi connectivity index (χ0) is 10.6. The average molecular weight is 193 g/mol. The van der Waals surface area contributed by atoms with E-state index < -0.39 is 0 Å². The first-order valence-electron chi connectivity index (χ1n) is 4.50. The highest BCUT2D eigenvalue weighted by Crippen LogP contribution is 2.16. The second kappa shape index (κ2) is 4.68. The van der Waals surface area contributed by atoms with E-state index in [1.165, 1.54) is 12.1 Å². The van der Waals surface area contributed by atoms with Crippen molar-refractivity contribution in [3.8, 4) is 0 Å². The fourth-order valence-electron chi connectivity index (χ4n) is 1.33. The minimum Gasteiger partial charge on any atom is -0.211 e. The average Bonchev–Trinajstić information content (AvgIpc) is 2.17. The van der Waals surface area contributed by atoms with Crippen LogP contribution in [-0.2, 0) is 17.8 Å². The summed E-state index contributed by atoms with van der Waals surface area (Å²) in [5.74, 6) is -0.191. The third-order valence-electron chi connectivity index (χ3n) is 2.20. The highest BCUT2D eigenvalue weighted by Gasteiger charge is 2.05. The monoisotopic (exact) mass is 193 g/mol. The first-order chi connectivity index (χ1) is 6.69. The summed E-state index contributed by atoms with van der Waals surface area (Å²) >= 11 is 0. The Kier molecular flexibility index (Phi) is 3.55. The SMILES string of the molecule is CCc1cc(CN=C=O)c(C)cc1F. The lowest BCUT2D eigenvalue weighted by Crippen LogP contribution is -1.95. The molecule has 0 aliphatic rings. The van der Waals surface area contributed by atoms with Crippen molar-refractivity contribution in [1.29, 1.82) is 0 Å². The van der Waals surface area contributed by atoms with Crippen LogP contribution in [0.2, 0.25) is 0 Å². The van der Waals surface area contributed by atoms with Crippen LogP contribution in [0.15, 0.2) is 17.1 Å². The lowest BCUT2D eigenvalue weighted by Gasteiger charge is -2.06. The van der Waals surface area contributed by atoms with E-state index in [0.717, 1.165) is 11.1 Å². The number of nitrogens with zero attached hydrogens (tertiary/aromatic N) is 1. The number of aliphatic imine (C=N–C) groups is 1. The molecule has 0 saturated carbocycles. The smallest absolute Gasteiger partial charge is 0.211 e. The molecule has 2 nitrogen and oxygen atoms in total. The minimum absolute atomic E-state index is 0.191. The zero-order valence-electron chi connectivity index (χ0n) is 8.30. The number of hydrogen-bond acceptors (Lipinski definition) is 2. The molecule has 1 aromatic carbocycles. The van der Waals surface area contributed by atoms with Crippen molar-refractivity contribution in [2.75, 3.05) is 0 Å². The van der Waals surface area contributed by atoms with Gasteiger partial charge in [0.2, 0.25) is 6.08 Å². The normalized spacial score (nSPS) is 9.64. The molecule has 0 spiro atoms. The van der Waals surface area contributed by atoms with Gasteiger partial charge in [-0.1, -0.05) is 13.0 Å². The largest absolute Gasteiger partial charge is 0.235 e. The second-order valence-corrected chi connectivity index (χ2v) is 3.13. The van der Waals surface area contributed by atoms with Gasteiger partial charge in [-0.05, 0) is 36.1 Å². The lowest BCUT2D eigenvalue weighted by molar-refractivity contribution is 0.562. The van der Waals surface area contributed by atoms with Crippen LogP contribution < -0.4 is 0 Å². The molecular weight excluding hydrogens is 181 g/mol. The quantitative estimate of drug-likeness (QED) is 0.535. The summed E-state index contributed by atoms with van der Waals surface area (Å²) in [4.78, 5) is 13.4. The molecule has 0 atom stereocenters. The Morgan fingerprint density at radius 3 is 2.71 bits per heavy atom. The fraction of sp³-hybridized carbons (Fsp3) is 0.364. The van der Waals surface area contributed by atoms with E-state index in [1.807, 2.05) is 6.92 Å². The van der Waals surface area contributed by atoms with Gasteiger partial charge in [-0.2, -0.15) is 0 Å². The number of benzene rings is 1. The van der Waals surface area contributed by atoms with Crippen molar-refractivity contribution in [1.82, 2.24) is 0 Å². The maximum Gasteiger partial charge on any atom is 0.235 e. The van der Waals surface area contributed by atoms with Crippen molar-refractivity contribution < 1.29 is 9.18 Å². The maximum absolute atomic E-state index is 13.2. The van der Waals surface area contributed by atoms with Crippen molar-refractivity contribution in [2.24, 2.45) is 4.99 Å². The summed E-state index contributed by atoms with van der Waals surface area (Å²) in [7, 11) is 0. The molecule has 0 radical (unpaired) electrons. The molecule has 1 aromatic rings. The van der Waals surface area contributed by atoms with E-state index in [0.29, 0.717) is 12.0 Å². The Morgan fingerprint density at radius 2 is 2.14 bits per heavy atom. The Balaban J connectivity index is 3.10. The van der Waals surface area contributed by atoms with Gasteiger partial charge in [-0.3, -0.25) is 0 Å². The zero-order valence-corrected chi connectivity index (χ0v) is 8.30. The van der Waals surface area contributed by atoms with Gasteiger partial charge in [-0.25, -0.2) is 14.2 Å². The standard InChI is InChI=1S/C11H12FNO/c1-3-9-5-10(6-13-7-14)8(2)4-11(9)12/h4-5H,3,6H2,1-2H3. The lowest BCUT2D eigenvalue weighted by atomic mass is 10.0. The first kappa shape index (κ1) is 10.6. The molecule has 14 heavy (non-hydrogen) atoms. The van der Waals surface area contributed by atoms with Gasteiger partial charge in [0.1, 0.15) is 5.82 Å². The molecule has 0 aliphatic heterocycles. The van der Waals surface area contributed by atoms with E-state index in [2.05, 4.69) is 4.99 Å². The topological polar surface area (TPSA) is 29.4 Å². The van der Waals surface area contributed by atoms with E-state index >= 15 is 0 Å². The van der Waals surface area contributed by atoms with Crippen molar-refractivity contribution in [3.05, 3.63) is 34.6 Å². The Morgan fingerprint density at radius 1 is 1.43 bits per heavy atom. The highest BCUT2D eigenvalue weighted by atomic mass is 19.1. The van der Waals surface area contributed by atoms with E-state index in [1.54, 1.807) is 13.0 Å². The van der Waals surface area contributed by atoms with Gasteiger partial charge in [0.15, 0.2) is 0 Å². The molecule has 0 unspecified atom stereocenters. The number of halogens is 1. The predicted molar refractivity (Wildman–Crippen MR) is 52.3 cm³/mol. The molecular formula is C11H12FNO. The Hall–Kier alpha value is -1.47. The van der Waals surface area contributed by atoms with Gasteiger partial charge < -0.3 is 0 Å². The molecule has 0 saturated heterocycles. The van der Waals surface area contributed by atoms with Crippen LogP contribution >= 0.6 is 0 Å². The number of isocyanates is 1. The minimum atomic E-state index is -0.191. The first-order valence-corrected chi connectivity index (χ1v) is 4.50. The van der Waals surface area contributed by atoms with E-state index in [4.69, 9.17) is 0 Å². The summed E-state index contributed by atoms with van der Waals surface area (Å²) in [6.45, 7) is 3.97. The van der Waals surface area contributed by atoms with Gasteiger partial charge in [0, 0.05) is 0 Å². The molecule has 0 bridgehead atoms. The third kappa shape index (κ3) is 2.27. The van der Waals surface area contributed by atoms with Crippen LogP contribution in [-0.4, -0.2) is 6.08 Å². The van der Waals surface area contributed by atoms with Crippen LogP contribution in [0.25, 0.3) is 0 Å². The van der Waals surface area contributed by atoms with Crippen LogP contribution in [0.3, 0.4) is 0 Å². The van der Waals surface area contributed by atoms with Crippen LogP contribution in [0.5, 0.6) is 0 Å². The Labute approximate surface area is 82.5 Å². The second-order valence-electron chi connectivity index (χ2n) is 3.13. The number of aryl methyl sites for hydroxylation is 2. The fourth-order valence-corrected chi connectivity index (χ4v) is 1.33. The molecule has 0 aromatic heterocycles. The van der Waals surface area contributed by atoms with Crippen molar-refractivity contribution in [2.45, 2.75) is 26.8 Å². The predicted octanol–water partition coefficient (Wildman–Crippen LogP) is 2.53. The third-order valence-corrected chi connectivity index (χ3v) is 2.20. The number of rotatable bonds is 3. The number of carbonyl (C=O) groups excluding carboxylic acids is 1. The van der Waals surface area contributed by atoms with Gasteiger partial charge in [0.25, 0.3) is 0 Å². The molecule has 0 N–H and O–H groups in total. The summed E-state index contributed by atoms with van der Waals surface area (Å²) in [6, 6.07) is 3.24. The highest BCUT2D eigenvalue weighted by molar-refractivity contribution is 5.36. The molecule has 3 heteroatoms. The summed E-state index contributed by atoms with van der Waals surface area (Å²) in [5, 5.41) is 0. The molecule has 0 fully saturated rings. The van der Waals surface area contributed by atoms with Crippen molar-refractivity contribution >= 4 is 6.08 Å². The summed E-state index contributed by atoms with van der Waals surface area (Å²) in [6.07, 6.45) is 2.12. The van der Waals surface area contributed by atoms with Gasteiger partial charge >= 0.3 is 0 Å². The van der Waals surface area contributed by atoms with Gasteiger partial charge in [0.05, 0.1) is 6.54 Å². The van der Waals surface area contributed by atoms with Gasteiger partial charge in [-0.15, -0.1) is 0 Å². The van der Waals surface area contributed by atoms with Crippen LogP contribution in [0, 0.1) is 12.7 Å². The maximum atomic E-state index is 13.2.